The standard InChI is InChI=1S/C17H22N2O2/c1-13-12-16(14-8-5-6-9-15(14)19-13)18-11-7-3-4-10-17(20)21-2/h5-6,8-9,12H,3-4,7,10-11H2,1-2H3,(H,18,19). The summed E-state index contributed by atoms with van der Waals surface area (Å²) in [6, 6.07) is 10.2. The number of anilines is 1. The van der Waals surface area contributed by atoms with Crippen molar-refractivity contribution in [2.45, 2.75) is 32.6 Å². The average molecular weight is 286 g/mol. The summed E-state index contributed by atoms with van der Waals surface area (Å²) in [6.07, 6.45) is 3.44. The van der Waals surface area contributed by atoms with Gasteiger partial charge in [-0.2, -0.15) is 0 Å². The summed E-state index contributed by atoms with van der Waals surface area (Å²) in [5.41, 5.74) is 3.17. The number of nitrogens with zero attached hydrogens (tertiary/aromatic N) is 1. The van der Waals surface area contributed by atoms with Gasteiger partial charge in [0.25, 0.3) is 0 Å². The summed E-state index contributed by atoms with van der Waals surface area (Å²) >= 11 is 0. The number of benzene rings is 1. The SMILES string of the molecule is COC(=O)CCCCCNc1cc(C)nc2ccccc12. The van der Waals surface area contributed by atoms with Gasteiger partial charge in [-0.05, 0) is 31.9 Å². The number of aryl methyl sites for hydroxylation is 1. The molecule has 2 aromatic rings. The molecule has 1 N–H and O–H groups in total. The molecule has 0 amide bonds. The molecular formula is C17H22N2O2. The molecule has 0 aliphatic heterocycles. The third-order valence-corrected chi connectivity index (χ3v) is 3.45. The number of aromatic nitrogens is 1. The maximum absolute atomic E-state index is 11.0. The number of para-hydroxylation sites is 1. The molecule has 0 fully saturated rings. The predicted octanol–water partition coefficient (Wildman–Crippen LogP) is 3.69. The van der Waals surface area contributed by atoms with Crippen LogP contribution in [0.4, 0.5) is 5.69 Å². The Labute approximate surface area is 125 Å². The second kappa shape index (κ2) is 7.62. The number of pyridine rings is 1. The van der Waals surface area contributed by atoms with Gasteiger partial charge in [0, 0.05) is 29.7 Å². The van der Waals surface area contributed by atoms with E-state index < -0.39 is 0 Å². The highest BCUT2D eigenvalue weighted by Crippen LogP contribution is 2.22. The molecule has 0 unspecified atom stereocenters. The molecule has 4 nitrogen and oxygen atoms in total. The largest absolute Gasteiger partial charge is 0.469 e. The van der Waals surface area contributed by atoms with E-state index in [9.17, 15) is 4.79 Å². The quantitative estimate of drug-likeness (QED) is 0.623. The lowest BCUT2D eigenvalue weighted by Gasteiger charge is -2.10. The third kappa shape index (κ3) is 4.45. The minimum Gasteiger partial charge on any atom is -0.469 e. The lowest BCUT2D eigenvalue weighted by Crippen LogP contribution is -2.04. The van der Waals surface area contributed by atoms with E-state index in [4.69, 9.17) is 0 Å². The number of fused-ring (bicyclic) bond motifs is 1. The molecule has 0 aliphatic rings. The Morgan fingerprint density at radius 1 is 1.24 bits per heavy atom. The van der Waals surface area contributed by atoms with Crippen LogP contribution in [0.5, 0.6) is 0 Å². The highest BCUT2D eigenvalue weighted by atomic mass is 16.5. The van der Waals surface area contributed by atoms with Gasteiger partial charge in [0.1, 0.15) is 0 Å². The van der Waals surface area contributed by atoms with Gasteiger partial charge in [0.2, 0.25) is 0 Å². The Balaban J connectivity index is 1.85. The summed E-state index contributed by atoms with van der Waals surface area (Å²) in [7, 11) is 1.43. The highest BCUT2D eigenvalue weighted by molar-refractivity contribution is 5.91. The molecule has 0 radical (unpaired) electrons. The number of unbranched alkanes of at least 4 members (excludes halogenated alkanes) is 2. The Morgan fingerprint density at radius 2 is 2.05 bits per heavy atom. The second-order valence-corrected chi connectivity index (χ2v) is 5.14. The van der Waals surface area contributed by atoms with Crippen LogP contribution < -0.4 is 5.32 Å². The number of esters is 1. The minimum atomic E-state index is -0.126. The van der Waals surface area contributed by atoms with Crippen molar-refractivity contribution in [3.8, 4) is 0 Å². The molecule has 0 bridgehead atoms. The molecule has 0 saturated carbocycles. The minimum absolute atomic E-state index is 0.126. The van der Waals surface area contributed by atoms with Crippen molar-refractivity contribution < 1.29 is 9.53 Å². The van der Waals surface area contributed by atoms with Gasteiger partial charge in [-0.1, -0.05) is 24.6 Å². The molecule has 0 atom stereocenters. The zero-order chi connectivity index (χ0) is 15.1. The molecule has 1 aromatic carbocycles. The van der Waals surface area contributed by atoms with Gasteiger partial charge in [-0.3, -0.25) is 9.78 Å². The molecule has 4 heteroatoms. The van der Waals surface area contributed by atoms with Crippen molar-refractivity contribution in [2.75, 3.05) is 19.0 Å². The van der Waals surface area contributed by atoms with Crippen LogP contribution in [0.1, 0.15) is 31.4 Å². The second-order valence-electron chi connectivity index (χ2n) is 5.14. The van der Waals surface area contributed by atoms with Crippen molar-refractivity contribution in [2.24, 2.45) is 0 Å². The van der Waals surface area contributed by atoms with Gasteiger partial charge >= 0.3 is 5.97 Å². The Morgan fingerprint density at radius 3 is 2.86 bits per heavy atom. The first-order chi connectivity index (χ1) is 10.2. The molecule has 1 aromatic heterocycles. The van der Waals surface area contributed by atoms with Gasteiger partial charge in [-0.25, -0.2) is 0 Å². The smallest absolute Gasteiger partial charge is 0.305 e. The lowest BCUT2D eigenvalue weighted by atomic mass is 10.1. The number of hydrogen-bond donors (Lipinski definition) is 1. The molecule has 0 aliphatic carbocycles. The summed E-state index contributed by atoms with van der Waals surface area (Å²) in [6.45, 7) is 2.91. The summed E-state index contributed by atoms with van der Waals surface area (Å²) < 4.78 is 4.63. The van der Waals surface area contributed by atoms with Crippen molar-refractivity contribution in [1.29, 1.82) is 0 Å². The topological polar surface area (TPSA) is 51.2 Å². The fourth-order valence-electron chi connectivity index (χ4n) is 2.35. The van der Waals surface area contributed by atoms with Gasteiger partial charge in [0.15, 0.2) is 0 Å². The van der Waals surface area contributed by atoms with Crippen LogP contribution in [0.2, 0.25) is 0 Å². The van der Waals surface area contributed by atoms with Crippen LogP contribution in [0, 0.1) is 6.92 Å². The van der Waals surface area contributed by atoms with E-state index in [1.165, 1.54) is 7.11 Å². The average Bonchev–Trinajstić information content (AvgIpc) is 2.50. The van der Waals surface area contributed by atoms with E-state index in [1.54, 1.807) is 0 Å². The normalized spacial score (nSPS) is 10.6. The fourth-order valence-corrected chi connectivity index (χ4v) is 2.35. The molecule has 21 heavy (non-hydrogen) atoms. The number of hydrogen-bond acceptors (Lipinski definition) is 4. The van der Waals surface area contributed by atoms with E-state index >= 15 is 0 Å². The summed E-state index contributed by atoms with van der Waals surface area (Å²) in [4.78, 5) is 15.5. The molecule has 1 heterocycles. The van der Waals surface area contributed by atoms with Crippen LogP contribution in [0.3, 0.4) is 0 Å². The summed E-state index contributed by atoms with van der Waals surface area (Å²) in [5.74, 6) is -0.126. The number of methoxy groups -OCH3 is 1. The summed E-state index contributed by atoms with van der Waals surface area (Å²) in [5, 5.41) is 4.63. The van der Waals surface area contributed by atoms with Crippen LogP contribution >= 0.6 is 0 Å². The van der Waals surface area contributed by atoms with Crippen LogP contribution in [-0.2, 0) is 9.53 Å². The monoisotopic (exact) mass is 286 g/mol. The van der Waals surface area contributed by atoms with E-state index in [2.05, 4.69) is 27.2 Å². The third-order valence-electron chi connectivity index (χ3n) is 3.45. The first-order valence-electron chi connectivity index (χ1n) is 7.38. The first kappa shape index (κ1) is 15.3. The maximum Gasteiger partial charge on any atom is 0.305 e. The van der Waals surface area contributed by atoms with Gasteiger partial charge in [0.05, 0.1) is 12.6 Å². The Hall–Kier alpha value is -2.10. The predicted molar refractivity (Wildman–Crippen MR) is 85.5 cm³/mol. The van der Waals surface area contributed by atoms with E-state index in [0.29, 0.717) is 6.42 Å². The Kier molecular flexibility index (Phi) is 5.55. The van der Waals surface area contributed by atoms with E-state index in [1.807, 2.05) is 25.1 Å². The van der Waals surface area contributed by atoms with E-state index in [0.717, 1.165) is 48.1 Å². The van der Waals surface area contributed by atoms with E-state index in [-0.39, 0.29) is 5.97 Å². The lowest BCUT2D eigenvalue weighted by molar-refractivity contribution is -0.140. The first-order valence-corrected chi connectivity index (χ1v) is 7.38. The molecule has 0 saturated heterocycles. The van der Waals surface area contributed by atoms with Crippen molar-refractivity contribution >= 4 is 22.6 Å². The molecule has 112 valence electrons. The maximum atomic E-state index is 11.0. The van der Waals surface area contributed by atoms with Crippen molar-refractivity contribution in [1.82, 2.24) is 4.98 Å². The fraction of sp³-hybridized carbons (Fsp3) is 0.412. The molecule has 2 rings (SSSR count). The number of carbonyl (C=O) groups excluding carboxylic acids is 1. The van der Waals surface area contributed by atoms with Crippen LogP contribution in [-0.4, -0.2) is 24.6 Å². The number of rotatable bonds is 7. The molecular weight excluding hydrogens is 264 g/mol. The zero-order valence-corrected chi connectivity index (χ0v) is 12.7. The van der Waals surface area contributed by atoms with Crippen LogP contribution in [0.25, 0.3) is 10.9 Å². The van der Waals surface area contributed by atoms with Crippen LogP contribution in [0.15, 0.2) is 30.3 Å². The van der Waals surface area contributed by atoms with Crippen molar-refractivity contribution in [3.05, 3.63) is 36.0 Å². The molecule has 0 spiro atoms. The van der Waals surface area contributed by atoms with Gasteiger partial charge < -0.3 is 10.1 Å². The Bertz CT molecular complexity index is 611. The number of ether oxygens (including phenoxy) is 1. The highest BCUT2D eigenvalue weighted by Gasteiger charge is 2.03. The number of carbonyl (C=O) groups is 1. The zero-order valence-electron chi connectivity index (χ0n) is 12.7. The van der Waals surface area contributed by atoms with Gasteiger partial charge in [-0.15, -0.1) is 0 Å². The number of nitrogens with one attached hydrogen (secondary N) is 1. The van der Waals surface area contributed by atoms with Crippen molar-refractivity contribution in [3.63, 3.8) is 0 Å².